The molecule has 3 rings (SSSR count). The number of benzene rings is 1. The van der Waals surface area contributed by atoms with Crippen molar-refractivity contribution in [2.45, 2.75) is 51.4 Å². The molecule has 0 heteroatoms. The maximum absolute atomic E-state index is 3.52. The van der Waals surface area contributed by atoms with Gasteiger partial charge >= 0.3 is 0 Å². The molecule has 0 aliphatic heterocycles. The van der Waals surface area contributed by atoms with Gasteiger partial charge in [0.1, 0.15) is 0 Å². The third kappa shape index (κ3) is 0.802. The van der Waals surface area contributed by atoms with Crippen molar-refractivity contribution in [2.24, 2.45) is 0 Å². The summed E-state index contributed by atoms with van der Waals surface area (Å²) in [4.78, 5) is 0. The normalized spacial score (nSPS) is 24.3. The van der Waals surface area contributed by atoms with Gasteiger partial charge in [0.25, 0.3) is 0 Å². The lowest BCUT2D eigenvalue weighted by molar-refractivity contribution is 0.510. The van der Waals surface area contributed by atoms with E-state index < -0.39 is 0 Å². The van der Waals surface area contributed by atoms with Crippen molar-refractivity contribution in [1.29, 1.82) is 0 Å². The fourth-order valence-corrected chi connectivity index (χ4v) is 3.37. The van der Waals surface area contributed by atoms with Gasteiger partial charge in [0.15, 0.2) is 0 Å². The van der Waals surface area contributed by atoms with Crippen LogP contribution in [0.3, 0.4) is 0 Å². The number of hydrogen-bond donors (Lipinski definition) is 0. The average Bonchev–Trinajstić information content (AvgIpc) is 2.29. The van der Waals surface area contributed by atoms with Crippen LogP contribution in [0.4, 0.5) is 0 Å². The van der Waals surface area contributed by atoms with E-state index in [1.54, 1.807) is 16.7 Å². The highest BCUT2D eigenvalue weighted by Gasteiger charge is 2.44. The highest BCUT2D eigenvalue weighted by Crippen LogP contribution is 2.51. The van der Waals surface area contributed by atoms with Gasteiger partial charge in [-0.2, -0.15) is 0 Å². The van der Waals surface area contributed by atoms with Gasteiger partial charge < -0.3 is 0 Å². The third-order valence-electron chi connectivity index (χ3n) is 3.93. The summed E-state index contributed by atoms with van der Waals surface area (Å²) in [5, 5.41) is 0. The Morgan fingerprint density at radius 2 is 1.79 bits per heavy atom. The summed E-state index contributed by atoms with van der Waals surface area (Å²) < 4.78 is 0. The Balaban J connectivity index is 2.34. The van der Waals surface area contributed by atoms with Crippen molar-refractivity contribution in [2.75, 3.05) is 0 Å². The molecule has 0 saturated carbocycles. The van der Waals surface area contributed by atoms with Crippen LogP contribution in [0.15, 0.2) is 6.07 Å². The van der Waals surface area contributed by atoms with Gasteiger partial charge in [-0.3, -0.25) is 0 Å². The highest BCUT2D eigenvalue weighted by molar-refractivity contribution is 5.58. The molecular formula is C14H17. The molecule has 1 radical (unpaired) electrons. The molecule has 1 aromatic rings. The second-order valence-corrected chi connectivity index (χ2v) is 6.16. The van der Waals surface area contributed by atoms with E-state index >= 15 is 0 Å². The maximum Gasteiger partial charge on any atom is -0.00538 e. The largest absolute Gasteiger partial charge is 0.0555 e. The molecule has 0 fully saturated rings. The van der Waals surface area contributed by atoms with E-state index in [4.69, 9.17) is 0 Å². The standard InChI is InChI=1S/C14H17/c1-13(2)8-10-9-5-6-11(13)12(10)14(3,4)7-9/h5H,7-8H2,1-4H3. The molecule has 0 atom stereocenters. The smallest absolute Gasteiger partial charge is 0.00538 e. The summed E-state index contributed by atoms with van der Waals surface area (Å²) >= 11 is 0. The molecule has 73 valence electrons. The minimum atomic E-state index is 0.334. The number of rotatable bonds is 0. The van der Waals surface area contributed by atoms with Gasteiger partial charge in [0.05, 0.1) is 0 Å². The van der Waals surface area contributed by atoms with E-state index in [2.05, 4.69) is 39.8 Å². The van der Waals surface area contributed by atoms with Gasteiger partial charge in [0, 0.05) is 0 Å². The predicted molar refractivity (Wildman–Crippen MR) is 58.7 cm³/mol. The molecule has 2 aliphatic carbocycles. The zero-order valence-corrected chi connectivity index (χ0v) is 9.49. The van der Waals surface area contributed by atoms with Crippen LogP contribution >= 0.6 is 0 Å². The fourth-order valence-electron chi connectivity index (χ4n) is 3.37. The Morgan fingerprint density at radius 3 is 2.43 bits per heavy atom. The van der Waals surface area contributed by atoms with Crippen LogP contribution in [0.25, 0.3) is 0 Å². The van der Waals surface area contributed by atoms with Crippen LogP contribution in [0.2, 0.25) is 0 Å². The molecule has 1 aromatic carbocycles. The Morgan fingerprint density at radius 1 is 1.07 bits per heavy atom. The highest BCUT2D eigenvalue weighted by atomic mass is 14.5. The first kappa shape index (κ1) is 8.52. The van der Waals surface area contributed by atoms with Gasteiger partial charge in [-0.15, -0.1) is 0 Å². The van der Waals surface area contributed by atoms with E-state index in [0.717, 1.165) is 0 Å². The van der Waals surface area contributed by atoms with Gasteiger partial charge in [-0.1, -0.05) is 33.8 Å². The van der Waals surface area contributed by atoms with Gasteiger partial charge in [-0.25, -0.2) is 0 Å². The van der Waals surface area contributed by atoms with Crippen molar-refractivity contribution in [3.05, 3.63) is 34.4 Å². The van der Waals surface area contributed by atoms with Crippen molar-refractivity contribution < 1.29 is 0 Å². The zero-order chi connectivity index (χ0) is 10.1. The molecule has 0 unspecified atom stereocenters. The average molecular weight is 185 g/mol. The van der Waals surface area contributed by atoms with Crippen LogP contribution in [0.1, 0.15) is 49.9 Å². The van der Waals surface area contributed by atoms with Crippen molar-refractivity contribution in [3.8, 4) is 0 Å². The molecule has 0 saturated heterocycles. The van der Waals surface area contributed by atoms with Gasteiger partial charge in [0.2, 0.25) is 0 Å². The van der Waals surface area contributed by atoms with Crippen LogP contribution in [-0.2, 0) is 23.7 Å². The van der Waals surface area contributed by atoms with Crippen LogP contribution in [0.5, 0.6) is 0 Å². The fraction of sp³-hybridized carbons (Fsp3) is 0.571. The maximum atomic E-state index is 3.52. The first-order valence-corrected chi connectivity index (χ1v) is 5.49. The Hall–Kier alpha value is -0.780. The van der Waals surface area contributed by atoms with E-state index in [1.165, 1.54) is 18.4 Å². The molecule has 0 heterocycles. The summed E-state index contributed by atoms with van der Waals surface area (Å²) in [6, 6.07) is 5.75. The second-order valence-electron chi connectivity index (χ2n) is 6.16. The quantitative estimate of drug-likeness (QED) is 0.582. The zero-order valence-electron chi connectivity index (χ0n) is 9.49. The van der Waals surface area contributed by atoms with Crippen molar-refractivity contribution in [1.82, 2.24) is 0 Å². The van der Waals surface area contributed by atoms with E-state index in [-0.39, 0.29) is 0 Å². The predicted octanol–water partition coefficient (Wildman–Crippen LogP) is 3.15. The number of hydrogen-bond acceptors (Lipinski definition) is 0. The monoisotopic (exact) mass is 185 g/mol. The molecule has 0 N–H and O–H groups in total. The Labute approximate surface area is 86.3 Å². The molecule has 14 heavy (non-hydrogen) atoms. The Bertz CT molecular complexity index is 422. The lowest BCUT2D eigenvalue weighted by Crippen LogP contribution is -2.20. The lowest BCUT2D eigenvalue weighted by Gasteiger charge is -2.24. The van der Waals surface area contributed by atoms with Crippen molar-refractivity contribution in [3.63, 3.8) is 0 Å². The molecule has 4 bridgehead atoms. The third-order valence-corrected chi connectivity index (χ3v) is 3.93. The van der Waals surface area contributed by atoms with Gasteiger partial charge in [-0.05, 0) is 52.0 Å². The minimum Gasteiger partial charge on any atom is -0.0555 e. The topological polar surface area (TPSA) is 0 Å². The molecule has 0 spiro atoms. The van der Waals surface area contributed by atoms with E-state index in [1.807, 2.05) is 0 Å². The summed E-state index contributed by atoms with van der Waals surface area (Å²) in [6.07, 6.45) is 2.46. The summed E-state index contributed by atoms with van der Waals surface area (Å²) in [5.41, 5.74) is 7.01. The first-order chi connectivity index (χ1) is 6.42. The molecular weight excluding hydrogens is 168 g/mol. The molecule has 0 nitrogen and oxygen atoms in total. The molecule has 2 aliphatic rings. The first-order valence-electron chi connectivity index (χ1n) is 5.49. The lowest BCUT2D eigenvalue weighted by atomic mass is 9.80. The second kappa shape index (κ2) is 2.08. The van der Waals surface area contributed by atoms with Crippen molar-refractivity contribution >= 4 is 0 Å². The van der Waals surface area contributed by atoms with Crippen LogP contribution in [-0.4, -0.2) is 0 Å². The SMILES string of the molecule is CC1(C)Cc2c3c[c]c1c2C(C)(C)C3. The molecule has 0 amide bonds. The Kier molecular flexibility index (Phi) is 1.26. The minimum absolute atomic E-state index is 0.334. The summed E-state index contributed by atoms with van der Waals surface area (Å²) in [6.45, 7) is 9.44. The van der Waals surface area contributed by atoms with Crippen LogP contribution in [0, 0.1) is 6.07 Å². The molecule has 0 aromatic heterocycles. The van der Waals surface area contributed by atoms with Crippen LogP contribution < -0.4 is 0 Å². The summed E-state index contributed by atoms with van der Waals surface area (Å²) in [5.74, 6) is 0. The van der Waals surface area contributed by atoms with E-state index in [9.17, 15) is 0 Å². The summed E-state index contributed by atoms with van der Waals surface area (Å²) in [7, 11) is 0. The van der Waals surface area contributed by atoms with E-state index in [0.29, 0.717) is 10.8 Å².